The summed E-state index contributed by atoms with van der Waals surface area (Å²) in [5.41, 5.74) is 5.28. The van der Waals surface area contributed by atoms with Gasteiger partial charge >= 0.3 is 6.18 Å². The van der Waals surface area contributed by atoms with Gasteiger partial charge in [-0.1, -0.05) is 11.6 Å². The van der Waals surface area contributed by atoms with Gasteiger partial charge < -0.3 is 5.73 Å². The SMILES string of the molecule is C[C@@H](N)Cc1cc(Cl)cc(C(F)(F)F)c1. The number of hydrogen-bond acceptors (Lipinski definition) is 1. The van der Waals surface area contributed by atoms with Crippen molar-refractivity contribution in [3.05, 3.63) is 34.3 Å². The average molecular weight is 238 g/mol. The molecular weight excluding hydrogens is 227 g/mol. The molecule has 2 N–H and O–H groups in total. The molecule has 1 aromatic rings. The van der Waals surface area contributed by atoms with Crippen molar-refractivity contribution in [2.24, 2.45) is 5.73 Å². The molecule has 0 aliphatic rings. The Labute approximate surface area is 91.0 Å². The van der Waals surface area contributed by atoms with Gasteiger partial charge in [-0.15, -0.1) is 0 Å². The molecule has 0 aliphatic heterocycles. The zero-order valence-electron chi connectivity index (χ0n) is 8.11. The smallest absolute Gasteiger partial charge is 0.328 e. The predicted molar refractivity (Wildman–Crippen MR) is 53.8 cm³/mol. The van der Waals surface area contributed by atoms with E-state index in [9.17, 15) is 13.2 Å². The van der Waals surface area contributed by atoms with Gasteiger partial charge in [0.15, 0.2) is 0 Å². The van der Waals surface area contributed by atoms with Crippen LogP contribution in [0.25, 0.3) is 0 Å². The number of rotatable bonds is 2. The van der Waals surface area contributed by atoms with E-state index in [1.807, 2.05) is 0 Å². The first-order chi connectivity index (χ1) is 6.79. The van der Waals surface area contributed by atoms with Gasteiger partial charge in [0.05, 0.1) is 5.56 Å². The van der Waals surface area contributed by atoms with Crippen LogP contribution in [0.4, 0.5) is 13.2 Å². The van der Waals surface area contributed by atoms with Gasteiger partial charge in [-0.3, -0.25) is 0 Å². The molecule has 0 bridgehead atoms. The summed E-state index contributed by atoms with van der Waals surface area (Å²) >= 11 is 5.60. The van der Waals surface area contributed by atoms with Crippen LogP contribution in [0.2, 0.25) is 5.02 Å². The molecule has 0 spiro atoms. The van der Waals surface area contributed by atoms with Gasteiger partial charge in [0.1, 0.15) is 0 Å². The molecule has 0 fully saturated rings. The maximum absolute atomic E-state index is 12.4. The topological polar surface area (TPSA) is 26.0 Å². The fourth-order valence-electron chi connectivity index (χ4n) is 1.30. The molecule has 84 valence electrons. The molecule has 0 aliphatic carbocycles. The van der Waals surface area contributed by atoms with Crippen LogP contribution in [0, 0.1) is 0 Å². The fraction of sp³-hybridized carbons (Fsp3) is 0.400. The largest absolute Gasteiger partial charge is 0.416 e. The third kappa shape index (κ3) is 3.72. The van der Waals surface area contributed by atoms with Gasteiger partial charge in [0.2, 0.25) is 0 Å². The van der Waals surface area contributed by atoms with E-state index in [4.69, 9.17) is 17.3 Å². The molecule has 15 heavy (non-hydrogen) atoms. The van der Waals surface area contributed by atoms with Crippen molar-refractivity contribution >= 4 is 11.6 Å². The molecular formula is C10H11ClF3N. The first-order valence-electron chi connectivity index (χ1n) is 4.41. The molecule has 0 aromatic heterocycles. The summed E-state index contributed by atoms with van der Waals surface area (Å²) in [6.07, 6.45) is -3.98. The maximum Gasteiger partial charge on any atom is 0.416 e. The molecule has 1 aromatic carbocycles. The van der Waals surface area contributed by atoms with Crippen LogP contribution in [0.3, 0.4) is 0 Å². The van der Waals surface area contributed by atoms with Gasteiger partial charge in [0, 0.05) is 11.1 Å². The van der Waals surface area contributed by atoms with E-state index in [2.05, 4.69) is 0 Å². The standard InChI is InChI=1S/C10H11ClF3N/c1-6(15)2-7-3-8(10(12,13)14)5-9(11)4-7/h3-6H,2,15H2,1H3/t6-/m1/s1. The van der Waals surface area contributed by atoms with Gasteiger partial charge in [-0.25, -0.2) is 0 Å². The van der Waals surface area contributed by atoms with E-state index >= 15 is 0 Å². The first kappa shape index (κ1) is 12.3. The number of hydrogen-bond donors (Lipinski definition) is 1. The molecule has 1 rings (SSSR count). The molecule has 1 atom stereocenters. The van der Waals surface area contributed by atoms with Gasteiger partial charge in [-0.2, -0.15) is 13.2 Å². The van der Waals surface area contributed by atoms with E-state index in [1.165, 1.54) is 6.07 Å². The Balaban J connectivity index is 3.06. The molecule has 1 nitrogen and oxygen atoms in total. The molecule has 0 unspecified atom stereocenters. The van der Waals surface area contributed by atoms with Crippen molar-refractivity contribution in [1.82, 2.24) is 0 Å². The van der Waals surface area contributed by atoms with E-state index in [0.717, 1.165) is 12.1 Å². The van der Waals surface area contributed by atoms with Crippen molar-refractivity contribution in [3.8, 4) is 0 Å². The minimum atomic E-state index is -4.36. The second-order valence-electron chi connectivity index (χ2n) is 3.53. The quantitative estimate of drug-likeness (QED) is 0.840. The van der Waals surface area contributed by atoms with Crippen LogP contribution in [0.5, 0.6) is 0 Å². The Morgan fingerprint density at radius 2 is 1.93 bits per heavy atom. The van der Waals surface area contributed by atoms with E-state index in [1.54, 1.807) is 6.92 Å². The minimum absolute atomic E-state index is 0.0838. The average Bonchev–Trinajstić information content (AvgIpc) is 1.99. The lowest BCUT2D eigenvalue weighted by molar-refractivity contribution is -0.137. The number of halogens is 4. The molecule has 0 saturated heterocycles. The van der Waals surface area contributed by atoms with Crippen LogP contribution >= 0.6 is 11.6 Å². The summed E-state index contributed by atoms with van der Waals surface area (Å²) in [6.45, 7) is 1.73. The molecule has 0 saturated carbocycles. The Hall–Kier alpha value is -0.740. The summed E-state index contributed by atoms with van der Waals surface area (Å²) in [5.74, 6) is 0. The van der Waals surface area contributed by atoms with Crippen LogP contribution in [0.15, 0.2) is 18.2 Å². The van der Waals surface area contributed by atoms with Crippen LogP contribution in [-0.2, 0) is 12.6 Å². The summed E-state index contributed by atoms with van der Waals surface area (Å²) in [4.78, 5) is 0. The first-order valence-corrected chi connectivity index (χ1v) is 4.79. The van der Waals surface area contributed by atoms with E-state index in [-0.39, 0.29) is 11.1 Å². The Kier molecular flexibility index (Phi) is 3.62. The molecule has 0 amide bonds. The highest BCUT2D eigenvalue weighted by atomic mass is 35.5. The highest BCUT2D eigenvalue weighted by Gasteiger charge is 2.31. The Morgan fingerprint density at radius 1 is 1.33 bits per heavy atom. The zero-order valence-corrected chi connectivity index (χ0v) is 8.86. The van der Waals surface area contributed by atoms with Gasteiger partial charge in [0.25, 0.3) is 0 Å². The third-order valence-electron chi connectivity index (χ3n) is 1.84. The van der Waals surface area contributed by atoms with E-state index < -0.39 is 11.7 Å². The summed E-state index contributed by atoms with van der Waals surface area (Å²) in [6, 6.07) is 3.30. The van der Waals surface area contributed by atoms with Crippen molar-refractivity contribution < 1.29 is 13.2 Å². The second-order valence-corrected chi connectivity index (χ2v) is 3.96. The lowest BCUT2D eigenvalue weighted by Crippen LogP contribution is -2.18. The van der Waals surface area contributed by atoms with Crippen molar-refractivity contribution in [3.63, 3.8) is 0 Å². The summed E-state index contributed by atoms with van der Waals surface area (Å²) in [5, 5.41) is 0.0838. The Morgan fingerprint density at radius 3 is 2.40 bits per heavy atom. The Bertz CT molecular complexity index is 347. The monoisotopic (exact) mass is 237 g/mol. The summed E-state index contributed by atoms with van der Waals surface area (Å²) in [7, 11) is 0. The van der Waals surface area contributed by atoms with Crippen LogP contribution in [-0.4, -0.2) is 6.04 Å². The third-order valence-corrected chi connectivity index (χ3v) is 2.06. The number of alkyl halides is 3. The highest BCUT2D eigenvalue weighted by molar-refractivity contribution is 6.30. The van der Waals surface area contributed by atoms with Crippen molar-refractivity contribution in [1.29, 1.82) is 0 Å². The number of benzene rings is 1. The second kappa shape index (κ2) is 4.41. The fourth-order valence-corrected chi connectivity index (χ4v) is 1.56. The van der Waals surface area contributed by atoms with Crippen molar-refractivity contribution in [2.45, 2.75) is 25.6 Å². The number of nitrogens with two attached hydrogens (primary N) is 1. The molecule has 0 radical (unpaired) electrons. The normalized spacial score (nSPS) is 14.0. The zero-order chi connectivity index (χ0) is 11.6. The molecule has 0 heterocycles. The lowest BCUT2D eigenvalue weighted by atomic mass is 10.0. The summed E-state index contributed by atoms with van der Waals surface area (Å²) < 4.78 is 37.2. The highest BCUT2D eigenvalue weighted by Crippen LogP contribution is 2.32. The minimum Gasteiger partial charge on any atom is -0.328 e. The predicted octanol–water partition coefficient (Wildman–Crippen LogP) is 3.25. The van der Waals surface area contributed by atoms with Crippen LogP contribution < -0.4 is 5.73 Å². The molecule has 5 heteroatoms. The maximum atomic E-state index is 12.4. The lowest BCUT2D eigenvalue weighted by Gasteiger charge is -2.11. The van der Waals surface area contributed by atoms with Crippen LogP contribution in [0.1, 0.15) is 18.1 Å². The van der Waals surface area contributed by atoms with Crippen molar-refractivity contribution in [2.75, 3.05) is 0 Å². The van der Waals surface area contributed by atoms with Gasteiger partial charge in [-0.05, 0) is 37.1 Å². The van der Waals surface area contributed by atoms with E-state index in [0.29, 0.717) is 12.0 Å².